The maximum Gasteiger partial charge on any atom is 0.277 e. The lowest BCUT2D eigenvalue weighted by atomic mass is 10.3. The normalized spacial score (nSPS) is 10.5. The summed E-state index contributed by atoms with van der Waals surface area (Å²) in [4.78, 5) is 3.86. The number of nitriles is 1. The second-order valence-electron chi connectivity index (χ2n) is 3.03. The molecule has 0 spiro atoms. The van der Waals surface area contributed by atoms with Gasteiger partial charge >= 0.3 is 0 Å². The molecule has 0 aliphatic heterocycles. The van der Waals surface area contributed by atoms with Crippen molar-refractivity contribution in [1.29, 1.82) is 5.26 Å². The highest BCUT2D eigenvalue weighted by Crippen LogP contribution is 2.22. The number of rotatable bonds is 2. The van der Waals surface area contributed by atoms with E-state index in [-0.39, 0.29) is 11.6 Å². The smallest absolute Gasteiger partial charge is 0.277 e. The van der Waals surface area contributed by atoms with Crippen LogP contribution in [0.4, 0.5) is 11.6 Å². The van der Waals surface area contributed by atoms with Gasteiger partial charge in [-0.25, -0.2) is 4.98 Å². The number of azo groups is 1. The van der Waals surface area contributed by atoms with E-state index in [2.05, 4.69) is 15.2 Å². The Kier molecular flexibility index (Phi) is 2.74. The Morgan fingerprint density at radius 2 is 2.00 bits per heavy atom. The van der Waals surface area contributed by atoms with Crippen molar-refractivity contribution in [3.63, 3.8) is 0 Å². The summed E-state index contributed by atoms with van der Waals surface area (Å²) in [6.45, 7) is 1.66. The third-order valence-electron chi connectivity index (χ3n) is 1.83. The molecule has 16 heavy (non-hydrogen) atoms. The standard InChI is InChI=1S/C11H8N4O/c1-8-13-10(7-12)11(16-8)15-14-9-5-3-2-4-6-9/h2-6H,1H3. The van der Waals surface area contributed by atoms with Gasteiger partial charge in [-0.3, -0.25) is 0 Å². The van der Waals surface area contributed by atoms with Gasteiger partial charge in [0.15, 0.2) is 5.89 Å². The van der Waals surface area contributed by atoms with Crippen molar-refractivity contribution in [2.45, 2.75) is 6.92 Å². The number of hydrogen-bond acceptors (Lipinski definition) is 5. The van der Waals surface area contributed by atoms with Gasteiger partial charge in [-0.1, -0.05) is 18.2 Å². The summed E-state index contributed by atoms with van der Waals surface area (Å²) in [5.41, 5.74) is 0.845. The molecule has 5 heteroatoms. The molecule has 0 amide bonds. The quantitative estimate of drug-likeness (QED) is 0.717. The Balaban J connectivity index is 2.28. The number of nitrogens with zero attached hydrogens (tertiary/aromatic N) is 4. The first-order valence-corrected chi connectivity index (χ1v) is 4.64. The Labute approximate surface area is 92.1 Å². The minimum absolute atomic E-state index is 0.142. The first-order valence-electron chi connectivity index (χ1n) is 4.64. The van der Waals surface area contributed by atoms with E-state index >= 15 is 0 Å². The molecule has 0 aliphatic carbocycles. The molecular weight excluding hydrogens is 204 g/mol. The van der Waals surface area contributed by atoms with Gasteiger partial charge in [0.2, 0.25) is 5.69 Å². The van der Waals surface area contributed by atoms with Crippen molar-refractivity contribution in [1.82, 2.24) is 4.98 Å². The first-order chi connectivity index (χ1) is 7.79. The lowest BCUT2D eigenvalue weighted by Gasteiger charge is -1.88. The molecule has 0 saturated carbocycles. The fraction of sp³-hybridized carbons (Fsp3) is 0.0909. The van der Waals surface area contributed by atoms with Gasteiger partial charge in [0.25, 0.3) is 5.88 Å². The third kappa shape index (κ3) is 2.12. The zero-order valence-corrected chi connectivity index (χ0v) is 8.58. The number of aryl methyl sites for hydroxylation is 1. The Morgan fingerprint density at radius 1 is 1.25 bits per heavy atom. The average molecular weight is 212 g/mol. The highest BCUT2D eigenvalue weighted by molar-refractivity contribution is 5.41. The molecule has 0 atom stereocenters. The van der Waals surface area contributed by atoms with Crippen LogP contribution in [0.5, 0.6) is 0 Å². The van der Waals surface area contributed by atoms with Crippen molar-refractivity contribution in [3.05, 3.63) is 41.9 Å². The molecule has 1 heterocycles. The second-order valence-corrected chi connectivity index (χ2v) is 3.03. The monoisotopic (exact) mass is 212 g/mol. The van der Waals surface area contributed by atoms with E-state index in [4.69, 9.17) is 9.68 Å². The number of benzene rings is 1. The van der Waals surface area contributed by atoms with Crippen LogP contribution in [-0.2, 0) is 0 Å². The van der Waals surface area contributed by atoms with E-state index < -0.39 is 0 Å². The highest BCUT2D eigenvalue weighted by Gasteiger charge is 2.08. The Bertz CT molecular complexity index is 551. The van der Waals surface area contributed by atoms with Crippen LogP contribution in [-0.4, -0.2) is 4.98 Å². The molecule has 0 aliphatic rings. The summed E-state index contributed by atoms with van der Waals surface area (Å²) in [7, 11) is 0. The molecule has 0 N–H and O–H groups in total. The van der Waals surface area contributed by atoms with Crippen LogP contribution in [0.1, 0.15) is 11.6 Å². The molecule has 2 rings (SSSR count). The van der Waals surface area contributed by atoms with E-state index in [1.807, 2.05) is 24.3 Å². The molecule has 1 aromatic carbocycles. The maximum absolute atomic E-state index is 8.75. The molecule has 0 saturated heterocycles. The molecule has 78 valence electrons. The average Bonchev–Trinajstić information content (AvgIpc) is 2.68. The van der Waals surface area contributed by atoms with E-state index in [0.717, 1.165) is 0 Å². The summed E-state index contributed by atoms with van der Waals surface area (Å²) < 4.78 is 5.13. The molecule has 1 aromatic heterocycles. The molecule has 5 nitrogen and oxygen atoms in total. The van der Waals surface area contributed by atoms with Crippen LogP contribution in [0.15, 0.2) is 45.0 Å². The summed E-state index contributed by atoms with van der Waals surface area (Å²) >= 11 is 0. The number of oxazole rings is 1. The van der Waals surface area contributed by atoms with Crippen molar-refractivity contribution in [2.24, 2.45) is 10.2 Å². The van der Waals surface area contributed by atoms with E-state index in [0.29, 0.717) is 11.6 Å². The van der Waals surface area contributed by atoms with Gasteiger partial charge < -0.3 is 4.42 Å². The molecule has 0 unspecified atom stereocenters. The van der Waals surface area contributed by atoms with Crippen molar-refractivity contribution in [3.8, 4) is 6.07 Å². The van der Waals surface area contributed by atoms with Crippen molar-refractivity contribution >= 4 is 11.6 Å². The predicted octanol–water partition coefficient (Wildman–Crippen LogP) is 3.27. The van der Waals surface area contributed by atoms with Crippen molar-refractivity contribution < 1.29 is 4.42 Å². The second kappa shape index (κ2) is 4.36. The van der Waals surface area contributed by atoms with Gasteiger partial charge in [-0.05, 0) is 12.1 Å². The van der Waals surface area contributed by atoms with E-state index in [1.54, 1.807) is 19.1 Å². The van der Waals surface area contributed by atoms with Crippen LogP contribution in [0, 0.1) is 18.3 Å². The largest absolute Gasteiger partial charge is 0.421 e. The van der Waals surface area contributed by atoms with Crippen LogP contribution in [0.25, 0.3) is 0 Å². The van der Waals surface area contributed by atoms with E-state index in [1.165, 1.54) is 0 Å². The van der Waals surface area contributed by atoms with E-state index in [9.17, 15) is 0 Å². The number of hydrogen-bond donors (Lipinski definition) is 0. The molecular formula is C11H8N4O. The zero-order chi connectivity index (χ0) is 11.4. The molecule has 0 fully saturated rings. The van der Waals surface area contributed by atoms with Gasteiger partial charge in [-0.2, -0.15) is 5.26 Å². The van der Waals surface area contributed by atoms with Crippen LogP contribution >= 0.6 is 0 Å². The number of aromatic nitrogens is 1. The summed E-state index contributed by atoms with van der Waals surface area (Å²) in [5.74, 6) is 0.544. The summed E-state index contributed by atoms with van der Waals surface area (Å²) in [6, 6.07) is 11.1. The summed E-state index contributed by atoms with van der Waals surface area (Å²) in [5, 5.41) is 16.5. The minimum Gasteiger partial charge on any atom is -0.421 e. The van der Waals surface area contributed by atoms with Crippen LogP contribution < -0.4 is 0 Å². The zero-order valence-electron chi connectivity index (χ0n) is 8.58. The molecule has 0 radical (unpaired) electrons. The third-order valence-corrected chi connectivity index (χ3v) is 1.83. The topological polar surface area (TPSA) is 74.5 Å². The van der Waals surface area contributed by atoms with Gasteiger partial charge in [0, 0.05) is 6.92 Å². The maximum atomic E-state index is 8.75. The Hall–Kier alpha value is -2.48. The Morgan fingerprint density at radius 3 is 2.69 bits per heavy atom. The minimum atomic E-state index is 0.142. The highest BCUT2D eigenvalue weighted by atomic mass is 16.4. The lowest BCUT2D eigenvalue weighted by Crippen LogP contribution is -1.72. The lowest BCUT2D eigenvalue weighted by molar-refractivity contribution is 0.527. The molecule has 0 bridgehead atoms. The molecule has 2 aromatic rings. The van der Waals surface area contributed by atoms with Gasteiger partial charge in [0.1, 0.15) is 6.07 Å². The van der Waals surface area contributed by atoms with Gasteiger partial charge in [0.05, 0.1) is 5.69 Å². The van der Waals surface area contributed by atoms with Gasteiger partial charge in [-0.15, -0.1) is 10.2 Å². The summed E-state index contributed by atoms with van der Waals surface area (Å²) in [6.07, 6.45) is 0. The fourth-order valence-corrected chi connectivity index (χ4v) is 1.15. The van der Waals surface area contributed by atoms with Crippen LogP contribution in [0.2, 0.25) is 0 Å². The predicted molar refractivity (Wildman–Crippen MR) is 56.6 cm³/mol. The SMILES string of the molecule is Cc1nc(C#N)c(N=Nc2ccccc2)o1. The first kappa shape index (κ1) is 10.1. The fourth-order valence-electron chi connectivity index (χ4n) is 1.15. The van der Waals surface area contributed by atoms with Crippen LogP contribution in [0.3, 0.4) is 0 Å². The van der Waals surface area contributed by atoms with Crippen molar-refractivity contribution in [2.75, 3.05) is 0 Å².